The van der Waals surface area contributed by atoms with Gasteiger partial charge in [0.15, 0.2) is 0 Å². The van der Waals surface area contributed by atoms with Crippen molar-refractivity contribution >= 4 is 11.5 Å². The molecule has 0 bridgehead atoms. The fourth-order valence-electron chi connectivity index (χ4n) is 3.45. The monoisotopic (exact) mass is 472 g/mol. The van der Waals surface area contributed by atoms with Crippen LogP contribution in [0.25, 0.3) is 11.3 Å². The SMILES string of the molecule is CC/C=C(/C=C\C(C)=NC)CN=C(N/C=C/CCC)c1cc(-c2ccc(C)cn2)cc(OC)c1C. The number of benzene rings is 1. The number of aromatic nitrogens is 1. The second kappa shape index (κ2) is 14.7. The van der Waals surface area contributed by atoms with Crippen LogP contribution in [0.4, 0.5) is 0 Å². The van der Waals surface area contributed by atoms with Crippen molar-refractivity contribution in [1.29, 1.82) is 0 Å². The molecule has 2 rings (SSSR count). The summed E-state index contributed by atoms with van der Waals surface area (Å²) in [4.78, 5) is 13.9. The third kappa shape index (κ3) is 8.67. The van der Waals surface area contributed by atoms with Crippen LogP contribution < -0.4 is 10.1 Å². The van der Waals surface area contributed by atoms with Crippen LogP contribution in [0.2, 0.25) is 0 Å². The summed E-state index contributed by atoms with van der Waals surface area (Å²) in [6.45, 7) is 11.0. The number of hydrogen-bond acceptors (Lipinski definition) is 4. The second-order valence-corrected chi connectivity index (χ2v) is 8.46. The average molecular weight is 473 g/mol. The van der Waals surface area contributed by atoms with E-state index in [0.717, 1.165) is 70.1 Å². The van der Waals surface area contributed by atoms with Crippen LogP contribution in [0.15, 0.2) is 76.5 Å². The van der Waals surface area contributed by atoms with Crippen LogP contribution >= 0.6 is 0 Å². The van der Waals surface area contributed by atoms with Gasteiger partial charge in [-0.2, -0.15) is 0 Å². The number of aliphatic imine (C=N–C) groups is 2. The highest BCUT2D eigenvalue weighted by atomic mass is 16.5. The number of aryl methyl sites for hydroxylation is 1. The predicted octanol–water partition coefficient (Wildman–Crippen LogP) is 7.01. The van der Waals surface area contributed by atoms with Gasteiger partial charge in [-0.05, 0) is 75.2 Å². The highest BCUT2D eigenvalue weighted by Gasteiger charge is 2.14. The minimum absolute atomic E-state index is 0.556. The summed E-state index contributed by atoms with van der Waals surface area (Å²) >= 11 is 0. The number of nitrogens with zero attached hydrogens (tertiary/aromatic N) is 3. The Kier molecular flexibility index (Phi) is 11.7. The summed E-state index contributed by atoms with van der Waals surface area (Å²) in [5, 5.41) is 3.44. The van der Waals surface area contributed by atoms with Crippen LogP contribution in [0.5, 0.6) is 5.75 Å². The molecule has 0 saturated heterocycles. The molecule has 186 valence electrons. The Morgan fingerprint density at radius 2 is 1.94 bits per heavy atom. The third-order valence-corrected chi connectivity index (χ3v) is 5.61. The summed E-state index contributed by atoms with van der Waals surface area (Å²) in [6.07, 6.45) is 15.4. The van der Waals surface area contributed by atoms with Crippen molar-refractivity contribution < 1.29 is 4.74 Å². The van der Waals surface area contributed by atoms with Crippen molar-refractivity contribution in [2.45, 2.75) is 53.9 Å². The molecule has 0 aliphatic rings. The minimum atomic E-state index is 0.556. The number of unbranched alkanes of at least 4 members (excludes halogenated alkanes) is 1. The molecule has 1 heterocycles. The number of ether oxygens (including phenoxy) is 1. The largest absolute Gasteiger partial charge is 0.496 e. The molecule has 0 unspecified atom stereocenters. The maximum Gasteiger partial charge on any atom is 0.133 e. The summed E-state index contributed by atoms with van der Waals surface area (Å²) in [5.74, 6) is 1.62. The van der Waals surface area contributed by atoms with Crippen molar-refractivity contribution in [2.24, 2.45) is 9.98 Å². The maximum atomic E-state index is 5.74. The molecule has 0 aliphatic heterocycles. The average Bonchev–Trinajstić information content (AvgIpc) is 2.87. The van der Waals surface area contributed by atoms with E-state index in [0.29, 0.717) is 6.54 Å². The van der Waals surface area contributed by atoms with E-state index in [2.05, 4.69) is 66.4 Å². The molecule has 0 fully saturated rings. The van der Waals surface area contributed by atoms with Crippen LogP contribution in [0, 0.1) is 13.8 Å². The van der Waals surface area contributed by atoms with Crippen molar-refractivity contribution in [3.05, 3.63) is 83.2 Å². The van der Waals surface area contributed by atoms with Gasteiger partial charge in [0.05, 0.1) is 19.3 Å². The first kappa shape index (κ1) is 27.8. The summed E-state index contributed by atoms with van der Waals surface area (Å²) < 4.78 is 5.74. The highest BCUT2D eigenvalue weighted by Crippen LogP contribution is 2.29. The molecule has 5 nitrogen and oxygen atoms in total. The van der Waals surface area contributed by atoms with Gasteiger partial charge in [0, 0.05) is 35.6 Å². The van der Waals surface area contributed by atoms with Gasteiger partial charge >= 0.3 is 0 Å². The minimum Gasteiger partial charge on any atom is -0.496 e. The molecular formula is C30H40N4O. The normalized spacial score (nSPS) is 13.2. The molecule has 0 radical (unpaired) electrons. The number of allylic oxidation sites excluding steroid dienone is 3. The van der Waals surface area contributed by atoms with E-state index in [4.69, 9.17) is 9.73 Å². The molecule has 0 saturated carbocycles. The topological polar surface area (TPSA) is 58.9 Å². The zero-order valence-corrected chi connectivity index (χ0v) is 22.4. The molecule has 2 aromatic rings. The third-order valence-electron chi connectivity index (χ3n) is 5.61. The second-order valence-electron chi connectivity index (χ2n) is 8.46. The van der Waals surface area contributed by atoms with Crippen molar-refractivity contribution in [3.8, 4) is 17.0 Å². The molecule has 1 N–H and O–H groups in total. The summed E-state index contributed by atoms with van der Waals surface area (Å²) in [6, 6.07) is 8.30. The van der Waals surface area contributed by atoms with Crippen LogP contribution in [-0.4, -0.2) is 37.2 Å². The highest BCUT2D eigenvalue weighted by molar-refractivity contribution is 6.02. The number of methoxy groups -OCH3 is 1. The van der Waals surface area contributed by atoms with Gasteiger partial charge in [-0.25, -0.2) is 0 Å². The molecular weight excluding hydrogens is 432 g/mol. The van der Waals surface area contributed by atoms with Crippen molar-refractivity contribution in [3.63, 3.8) is 0 Å². The Morgan fingerprint density at radius 3 is 2.57 bits per heavy atom. The van der Waals surface area contributed by atoms with E-state index in [1.165, 1.54) is 0 Å². The lowest BCUT2D eigenvalue weighted by molar-refractivity contribution is 0.412. The van der Waals surface area contributed by atoms with E-state index in [9.17, 15) is 0 Å². The van der Waals surface area contributed by atoms with Gasteiger partial charge in [0.1, 0.15) is 11.6 Å². The standard InChI is InChI=1S/C30H40N4O/c1-8-10-11-17-32-30(34-21-25(12-9-2)15-14-23(4)31-6)27-18-26(19-29(35-7)24(27)5)28-16-13-22(3)20-33-28/h11-20H,8-10,21H2,1-7H3,(H,32,34)/b15-14-,17-11+,25-12-,31-23?. The number of hydrogen-bond donors (Lipinski definition) is 1. The van der Waals surface area contributed by atoms with Crippen molar-refractivity contribution in [1.82, 2.24) is 10.3 Å². The van der Waals surface area contributed by atoms with Gasteiger partial charge in [-0.1, -0.05) is 44.6 Å². The zero-order valence-electron chi connectivity index (χ0n) is 22.4. The van der Waals surface area contributed by atoms with Gasteiger partial charge in [-0.3, -0.25) is 15.0 Å². The van der Waals surface area contributed by atoms with Gasteiger partial charge < -0.3 is 10.1 Å². The van der Waals surface area contributed by atoms with Gasteiger partial charge in [0.2, 0.25) is 0 Å². The molecule has 0 amide bonds. The zero-order chi connectivity index (χ0) is 25.6. The molecule has 1 aromatic heterocycles. The molecule has 0 atom stereocenters. The fourth-order valence-corrected chi connectivity index (χ4v) is 3.45. The molecule has 1 aromatic carbocycles. The van der Waals surface area contributed by atoms with Crippen LogP contribution in [0.3, 0.4) is 0 Å². The first-order valence-electron chi connectivity index (χ1n) is 12.3. The van der Waals surface area contributed by atoms with E-state index in [1.807, 2.05) is 44.5 Å². The van der Waals surface area contributed by atoms with E-state index >= 15 is 0 Å². The Labute approximate surface area is 211 Å². The Bertz CT molecular complexity index is 1110. The van der Waals surface area contributed by atoms with Crippen LogP contribution in [-0.2, 0) is 0 Å². The van der Waals surface area contributed by atoms with E-state index < -0.39 is 0 Å². The Balaban J connectivity index is 2.56. The van der Waals surface area contributed by atoms with E-state index in [-0.39, 0.29) is 0 Å². The lowest BCUT2D eigenvalue weighted by Crippen LogP contribution is -2.21. The van der Waals surface area contributed by atoms with Gasteiger partial charge in [-0.15, -0.1) is 0 Å². The van der Waals surface area contributed by atoms with Gasteiger partial charge in [0.25, 0.3) is 0 Å². The molecule has 35 heavy (non-hydrogen) atoms. The first-order chi connectivity index (χ1) is 16.9. The Morgan fingerprint density at radius 1 is 1.14 bits per heavy atom. The predicted molar refractivity (Wildman–Crippen MR) is 151 cm³/mol. The summed E-state index contributed by atoms with van der Waals surface area (Å²) in [7, 11) is 3.51. The van der Waals surface area contributed by atoms with Crippen molar-refractivity contribution in [2.75, 3.05) is 20.7 Å². The smallest absolute Gasteiger partial charge is 0.133 e. The molecule has 5 heteroatoms. The summed E-state index contributed by atoms with van der Waals surface area (Å²) in [5.41, 5.74) is 7.18. The maximum absolute atomic E-state index is 5.74. The first-order valence-corrected chi connectivity index (χ1v) is 12.3. The number of pyridine rings is 1. The quantitative estimate of drug-likeness (QED) is 0.217. The lowest BCUT2D eigenvalue weighted by atomic mass is 10.00. The fraction of sp³-hybridized carbons (Fsp3) is 0.367. The lowest BCUT2D eigenvalue weighted by Gasteiger charge is -2.16. The van der Waals surface area contributed by atoms with E-state index in [1.54, 1.807) is 14.2 Å². The number of amidine groups is 1. The van der Waals surface area contributed by atoms with Crippen LogP contribution in [0.1, 0.15) is 56.7 Å². The molecule has 0 aliphatic carbocycles. The molecule has 0 spiro atoms. The Hall–Kier alpha value is -3.47. The number of nitrogens with one attached hydrogen (secondary N) is 1. The number of rotatable bonds is 11.